The van der Waals surface area contributed by atoms with Gasteiger partial charge in [-0.25, -0.2) is 5.90 Å². The number of halogens is 1. The van der Waals surface area contributed by atoms with Gasteiger partial charge in [0.15, 0.2) is 0 Å². The predicted molar refractivity (Wildman–Crippen MR) is 65.7 cm³/mol. The third kappa shape index (κ3) is 3.11. The van der Waals surface area contributed by atoms with Crippen LogP contribution in [0.25, 0.3) is 0 Å². The number of aromatic hydroxyl groups is 1. The Morgan fingerprint density at radius 2 is 2.00 bits per heavy atom. The summed E-state index contributed by atoms with van der Waals surface area (Å²) in [6.45, 7) is 6.45. The molecule has 0 unspecified atom stereocenters. The van der Waals surface area contributed by atoms with E-state index in [1.54, 1.807) is 12.1 Å². The number of rotatable bonds is 3. The molecule has 0 aliphatic carbocycles. The zero-order chi connectivity index (χ0) is 12.3. The van der Waals surface area contributed by atoms with Gasteiger partial charge in [-0.1, -0.05) is 32.4 Å². The highest BCUT2D eigenvalue weighted by Crippen LogP contribution is 2.35. The normalized spacial score (nSPS) is 11.8. The molecule has 16 heavy (non-hydrogen) atoms. The lowest BCUT2D eigenvalue weighted by Gasteiger charge is -2.22. The summed E-state index contributed by atoms with van der Waals surface area (Å²) in [6.07, 6.45) is 0.548. The maximum Gasteiger partial charge on any atom is 0.122 e. The average Bonchev–Trinajstić information content (AvgIpc) is 2.17. The second-order valence-electron chi connectivity index (χ2n) is 4.83. The van der Waals surface area contributed by atoms with E-state index in [4.69, 9.17) is 17.5 Å². The van der Waals surface area contributed by atoms with E-state index in [2.05, 4.69) is 4.84 Å². The monoisotopic (exact) mass is 243 g/mol. The van der Waals surface area contributed by atoms with Crippen LogP contribution >= 0.6 is 11.6 Å². The minimum Gasteiger partial charge on any atom is -0.507 e. The zero-order valence-electron chi connectivity index (χ0n) is 9.88. The van der Waals surface area contributed by atoms with E-state index in [9.17, 15) is 5.11 Å². The maximum atomic E-state index is 10.1. The molecule has 3 nitrogen and oxygen atoms in total. The molecule has 1 aromatic carbocycles. The fourth-order valence-corrected chi connectivity index (χ4v) is 1.83. The van der Waals surface area contributed by atoms with Crippen molar-refractivity contribution in [2.24, 2.45) is 5.90 Å². The van der Waals surface area contributed by atoms with Crippen molar-refractivity contribution in [3.63, 3.8) is 0 Å². The third-order valence-corrected chi connectivity index (χ3v) is 2.67. The first-order valence-corrected chi connectivity index (χ1v) is 5.57. The van der Waals surface area contributed by atoms with Gasteiger partial charge in [0.2, 0.25) is 0 Å². The first kappa shape index (κ1) is 13.3. The third-order valence-electron chi connectivity index (χ3n) is 2.45. The molecular weight excluding hydrogens is 226 g/mol. The van der Waals surface area contributed by atoms with Gasteiger partial charge in [-0.3, -0.25) is 0 Å². The Morgan fingerprint density at radius 1 is 1.38 bits per heavy atom. The van der Waals surface area contributed by atoms with Crippen molar-refractivity contribution in [1.29, 1.82) is 0 Å². The van der Waals surface area contributed by atoms with E-state index in [0.717, 1.165) is 11.1 Å². The van der Waals surface area contributed by atoms with Crippen LogP contribution in [-0.2, 0) is 16.7 Å². The zero-order valence-corrected chi connectivity index (χ0v) is 10.6. The number of hydrogen-bond acceptors (Lipinski definition) is 3. The Labute approximate surface area is 101 Å². The van der Waals surface area contributed by atoms with Gasteiger partial charge in [0.1, 0.15) is 5.75 Å². The molecule has 0 radical (unpaired) electrons. The van der Waals surface area contributed by atoms with Crippen molar-refractivity contribution in [3.8, 4) is 5.75 Å². The predicted octanol–water partition coefficient (Wildman–Crippen LogP) is 2.78. The summed E-state index contributed by atoms with van der Waals surface area (Å²) < 4.78 is 0. The van der Waals surface area contributed by atoms with Gasteiger partial charge < -0.3 is 9.94 Å². The Kier molecular flexibility index (Phi) is 4.19. The highest BCUT2D eigenvalue weighted by molar-refractivity contribution is 6.30. The fraction of sp³-hybridized carbons (Fsp3) is 0.500. The van der Waals surface area contributed by atoms with Gasteiger partial charge in [-0.05, 0) is 23.1 Å². The fourth-order valence-electron chi connectivity index (χ4n) is 1.59. The van der Waals surface area contributed by atoms with Crippen LogP contribution < -0.4 is 5.90 Å². The van der Waals surface area contributed by atoms with E-state index in [1.807, 2.05) is 20.8 Å². The molecule has 0 amide bonds. The molecule has 0 aliphatic rings. The summed E-state index contributed by atoms with van der Waals surface area (Å²) in [5, 5.41) is 10.7. The van der Waals surface area contributed by atoms with E-state index in [-0.39, 0.29) is 11.2 Å². The van der Waals surface area contributed by atoms with Crippen LogP contribution in [0.5, 0.6) is 5.75 Å². The van der Waals surface area contributed by atoms with Crippen LogP contribution in [0.15, 0.2) is 12.1 Å². The molecule has 0 aliphatic heterocycles. The van der Waals surface area contributed by atoms with Crippen molar-refractivity contribution < 1.29 is 9.94 Å². The summed E-state index contributed by atoms with van der Waals surface area (Å²) in [7, 11) is 0. The number of phenolic OH excluding ortho intramolecular Hbond substituents is 1. The topological polar surface area (TPSA) is 55.5 Å². The van der Waals surface area contributed by atoms with E-state index in [1.165, 1.54) is 0 Å². The molecule has 0 atom stereocenters. The van der Waals surface area contributed by atoms with Crippen LogP contribution in [0, 0.1) is 0 Å². The molecule has 0 saturated heterocycles. The lowest BCUT2D eigenvalue weighted by molar-refractivity contribution is 0.140. The number of hydrogen-bond donors (Lipinski definition) is 2. The minimum absolute atomic E-state index is 0.146. The molecule has 90 valence electrons. The standard InChI is InChI=1S/C12H18ClNO2/c1-12(2,3)10-7-9(13)6-8(11(10)15)4-5-16-14/h6-7,15H,4-5,14H2,1-3H3. The van der Waals surface area contributed by atoms with Crippen molar-refractivity contribution in [1.82, 2.24) is 0 Å². The molecule has 0 aromatic heterocycles. The van der Waals surface area contributed by atoms with Crippen molar-refractivity contribution in [3.05, 3.63) is 28.3 Å². The quantitative estimate of drug-likeness (QED) is 0.803. The first-order chi connectivity index (χ1) is 7.36. The molecule has 3 N–H and O–H groups in total. The molecule has 0 fully saturated rings. The summed E-state index contributed by atoms with van der Waals surface area (Å²) in [5.41, 5.74) is 1.46. The molecular formula is C12H18ClNO2. The SMILES string of the molecule is CC(C)(C)c1cc(Cl)cc(CCON)c1O. The van der Waals surface area contributed by atoms with Crippen LogP contribution in [0.1, 0.15) is 31.9 Å². The average molecular weight is 244 g/mol. The lowest BCUT2D eigenvalue weighted by Crippen LogP contribution is -2.13. The summed E-state index contributed by atoms with van der Waals surface area (Å²) >= 11 is 6.02. The van der Waals surface area contributed by atoms with Gasteiger partial charge in [0.25, 0.3) is 0 Å². The van der Waals surface area contributed by atoms with Crippen LogP contribution in [-0.4, -0.2) is 11.7 Å². The first-order valence-electron chi connectivity index (χ1n) is 5.20. The largest absolute Gasteiger partial charge is 0.507 e. The summed E-state index contributed by atoms with van der Waals surface area (Å²) in [6, 6.07) is 3.54. The highest BCUT2D eigenvalue weighted by atomic mass is 35.5. The second-order valence-corrected chi connectivity index (χ2v) is 5.27. The number of benzene rings is 1. The van der Waals surface area contributed by atoms with E-state index >= 15 is 0 Å². The van der Waals surface area contributed by atoms with E-state index < -0.39 is 0 Å². The van der Waals surface area contributed by atoms with E-state index in [0.29, 0.717) is 18.1 Å². The van der Waals surface area contributed by atoms with Crippen molar-refractivity contribution in [2.45, 2.75) is 32.6 Å². The Balaban J connectivity index is 3.16. The molecule has 0 bridgehead atoms. The molecule has 0 spiro atoms. The lowest BCUT2D eigenvalue weighted by atomic mass is 9.85. The Hall–Kier alpha value is -0.770. The molecule has 1 rings (SSSR count). The van der Waals surface area contributed by atoms with Crippen molar-refractivity contribution >= 4 is 11.6 Å². The summed E-state index contributed by atoms with van der Waals surface area (Å²) in [5.74, 6) is 5.26. The maximum absolute atomic E-state index is 10.1. The molecule has 1 aromatic rings. The van der Waals surface area contributed by atoms with Crippen LogP contribution in [0.4, 0.5) is 0 Å². The number of nitrogens with two attached hydrogens (primary N) is 1. The van der Waals surface area contributed by atoms with Gasteiger partial charge in [-0.2, -0.15) is 0 Å². The molecule has 0 heterocycles. The van der Waals surface area contributed by atoms with Gasteiger partial charge in [-0.15, -0.1) is 0 Å². The number of phenols is 1. The molecule has 4 heteroatoms. The smallest absolute Gasteiger partial charge is 0.122 e. The molecule has 0 saturated carbocycles. The second kappa shape index (κ2) is 5.04. The Morgan fingerprint density at radius 3 is 2.50 bits per heavy atom. The van der Waals surface area contributed by atoms with Gasteiger partial charge in [0.05, 0.1) is 6.61 Å². The highest BCUT2D eigenvalue weighted by Gasteiger charge is 2.20. The minimum atomic E-state index is -0.146. The van der Waals surface area contributed by atoms with Crippen molar-refractivity contribution in [2.75, 3.05) is 6.61 Å². The van der Waals surface area contributed by atoms with Crippen LogP contribution in [0.2, 0.25) is 5.02 Å². The van der Waals surface area contributed by atoms with Gasteiger partial charge >= 0.3 is 0 Å². The van der Waals surface area contributed by atoms with Gasteiger partial charge in [0, 0.05) is 17.0 Å². The summed E-state index contributed by atoms with van der Waals surface area (Å²) in [4.78, 5) is 4.51. The Bertz CT molecular complexity index is 372. The van der Waals surface area contributed by atoms with Crippen LogP contribution in [0.3, 0.4) is 0 Å².